The Balaban J connectivity index is 2.98. The highest BCUT2D eigenvalue weighted by Crippen LogP contribution is 1.90. The monoisotopic (exact) mass is 144 g/mol. The summed E-state index contributed by atoms with van der Waals surface area (Å²) in [5, 5.41) is -0.0579. The molecule has 4 nitrogen and oxygen atoms in total. The summed E-state index contributed by atoms with van der Waals surface area (Å²) in [6, 6.07) is 1.58. The predicted octanol–water partition coefficient (Wildman–Crippen LogP) is 0.0572. The van der Waals surface area contributed by atoms with E-state index in [-0.39, 0.29) is 5.16 Å². The van der Waals surface area contributed by atoms with Gasteiger partial charge in [0.15, 0.2) is 0 Å². The Morgan fingerprint density at radius 2 is 2.00 bits per heavy atom. The van der Waals surface area contributed by atoms with Crippen LogP contribution in [0.2, 0.25) is 0 Å². The molecule has 1 heterocycles. The summed E-state index contributed by atoms with van der Waals surface area (Å²) < 4.78 is 18.6. The molecular formula is C4H4N2O2S. The maximum atomic E-state index is 10.2. The van der Waals surface area contributed by atoms with Crippen molar-refractivity contribution in [3.8, 4) is 0 Å². The third kappa shape index (κ3) is 1.55. The van der Waals surface area contributed by atoms with Gasteiger partial charge < -0.3 is 0 Å². The fraction of sp³-hybridized carbons (Fsp3) is 0. The van der Waals surface area contributed by atoms with Crippen LogP contribution in [-0.2, 0) is 11.1 Å². The van der Waals surface area contributed by atoms with Crippen LogP contribution >= 0.6 is 0 Å². The third-order valence-electron chi connectivity index (χ3n) is 0.698. The van der Waals surface area contributed by atoms with Crippen molar-refractivity contribution in [2.24, 2.45) is 0 Å². The van der Waals surface area contributed by atoms with E-state index in [1.165, 1.54) is 12.4 Å². The quantitative estimate of drug-likeness (QED) is 0.447. The van der Waals surface area contributed by atoms with Gasteiger partial charge in [0, 0.05) is 12.4 Å². The Morgan fingerprint density at radius 1 is 1.44 bits per heavy atom. The lowest BCUT2D eigenvalue weighted by molar-refractivity contribution is 0.555. The van der Waals surface area contributed by atoms with Crippen LogP contribution in [0.4, 0.5) is 0 Å². The van der Waals surface area contributed by atoms with E-state index in [9.17, 15) is 4.21 Å². The topological polar surface area (TPSA) is 63.1 Å². The minimum Gasteiger partial charge on any atom is -0.300 e. The van der Waals surface area contributed by atoms with Crippen LogP contribution in [0.25, 0.3) is 0 Å². The zero-order chi connectivity index (χ0) is 6.69. The molecule has 0 saturated heterocycles. The lowest BCUT2D eigenvalue weighted by Crippen LogP contribution is -1.94. The molecule has 0 bridgehead atoms. The molecule has 5 heteroatoms. The van der Waals surface area contributed by atoms with Crippen molar-refractivity contribution in [1.29, 1.82) is 0 Å². The molecular weight excluding hydrogens is 140 g/mol. The fourth-order valence-corrected chi connectivity index (χ4v) is 0.678. The van der Waals surface area contributed by atoms with Crippen LogP contribution in [0.15, 0.2) is 23.6 Å². The van der Waals surface area contributed by atoms with E-state index in [2.05, 4.69) is 9.97 Å². The normalized spacial score (nSPS) is 13.0. The Bertz CT molecular complexity index is 213. The van der Waals surface area contributed by atoms with Crippen LogP contribution < -0.4 is 0 Å². The molecule has 1 aromatic rings. The summed E-state index contributed by atoms with van der Waals surface area (Å²) in [5.74, 6) is 0. The summed E-state index contributed by atoms with van der Waals surface area (Å²) >= 11 is -2.05. The van der Waals surface area contributed by atoms with Gasteiger partial charge >= 0.3 is 0 Å². The van der Waals surface area contributed by atoms with Crippen LogP contribution in [0.3, 0.4) is 0 Å². The van der Waals surface area contributed by atoms with E-state index in [0.29, 0.717) is 0 Å². The van der Waals surface area contributed by atoms with E-state index in [1.54, 1.807) is 6.07 Å². The molecule has 0 spiro atoms. The summed E-state index contributed by atoms with van der Waals surface area (Å²) in [6.45, 7) is 0. The van der Waals surface area contributed by atoms with Crippen molar-refractivity contribution >= 4 is 11.1 Å². The van der Waals surface area contributed by atoms with Crippen molar-refractivity contribution in [3.63, 3.8) is 0 Å². The molecule has 9 heavy (non-hydrogen) atoms. The van der Waals surface area contributed by atoms with Crippen LogP contribution in [0.5, 0.6) is 0 Å². The molecule has 1 rings (SSSR count). The van der Waals surface area contributed by atoms with Crippen LogP contribution in [-0.4, -0.2) is 18.7 Å². The van der Waals surface area contributed by atoms with Crippen LogP contribution in [0, 0.1) is 0 Å². The lowest BCUT2D eigenvalue weighted by Gasteiger charge is -1.87. The van der Waals surface area contributed by atoms with Gasteiger partial charge in [-0.3, -0.25) is 4.55 Å². The second-order valence-electron chi connectivity index (χ2n) is 1.28. The molecule has 0 aliphatic heterocycles. The average molecular weight is 144 g/mol. The first-order chi connectivity index (χ1) is 4.30. The predicted molar refractivity (Wildman–Crippen MR) is 31.1 cm³/mol. The van der Waals surface area contributed by atoms with Gasteiger partial charge in [0.2, 0.25) is 16.2 Å². The van der Waals surface area contributed by atoms with Crippen molar-refractivity contribution in [1.82, 2.24) is 9.97 Å². The first-order valence-corrected chi connectivity index (χ1v) is 3.29. The van der Waals surface area contributed by atoms with Gasteiger partial charge in [-0.2, -0.15) is 0 Å². The van der Waals surface area contributed by atoms with E-state index in [1.807, 2.05) is 0 Å². The molecule has 1 aromatic heterocycles. The number of nitrogens with zero attached hydrogens (tertiary/aromatic N) is 2. The zero-order valence-electron chi connectivity index (χ0n) is 4.39. The van der Waals surface area contributed by atoms with Crippen molar-refractivity contribution in [3.05, 3.63) is 18.5 Å². The van der Waals surface area contributed by atoms with Crippen molar-refractivity contribution < 1.29 is 8.76 Å². The smallest absolute Gasteiger partial charge is 0.246 e. The number of aromatic nitrogens is 2. The molecule has 0 radical (unpaired) electrons. The SMILES string of the molecule is O=S(O)c1ncccn1. The zero-order valence-corrected chi connectivity index (χ0v) is 5.21. The van der Waals surface area contributed by atoms with Gasteiger partial charge in [-0.05, 0) is 6.07 Å². The molecule has 0 fully saturated rings. The van der Waals surface area contributed by atoms with Gasteiger partial charge in [-0.15, -0.1) is 0 Å². The minimum atomic E-state index is -2.05. The molecule has 0 saturated carbocycles. The molecule has 48 valence electrons. The van der Waals surface area contributed by atoms with Crippen molar-refractivity contribution in [2.45, 2.75) is 5.16 Å². The van der Waals surface area contributed by atoms with Crippen molar-refractivity contribution in [2.75, 3.05) is 0 Å². The van der Waals surface area contributed by atoms with Gasteiger partial charge in [-0.1, -0.05) is 0 Å². The Morgan fingerprint density at radius 3 is 2.33 bits per heavy atom. The van der Waals surface area contributed by atoms with E-state index in [4.69, 9.17) is 4.55 Å². The molecule has 0 aliphatic carbocycles. The van der Waals surface area contributed by atoms with Gasteiger partial charge in [0.1, 0.15) is 0 Å². The summed E-state index contributed by atoms with van der Waals surface area (Å²) in [6.07, 6.45) is 2.83. The van der Waals surface area contributed by atoms with E-state index in [0.717, 1.165) is 0 Å². The summed E-state index contributed by atoms with van der Waals surface area (Å²) in [7, 11) is 0. The number of hydrogen-bond donors (Lipinski definition) is 1. The maximum Gasteiger partial charge on any atom is 0.246 e. The van der Waals surface area contributed by atoms with E-state index >= 15 is 0 Å². The Labute approximate surface area is 54.2 Å². The Hall–Kier alpha value is -0.810. The average Bonchev–Trinajstić information content (AvgIpc) is 1.90. The first-order valence-electron chi connectivity index (χ1n) is 2.18. The largest absolute Gasteiger partial charge is 0.300 e. The molecule has 1 atom stereocenters. The molecule has 0 aromatic carbocycles. The number of hydrogen-bond acceptors (Lipinski definition) is 3. The molecule has 0 aliphatic rings. The fourth-order valence-electron chi connectivity index (χ4n) is 0.376. The third-order valence-corrected chi connectivity index (χ3v) is 1.22. The van der Waals surface area contributed by atoms with Crippen LogP contribution in [0.1, 0.15) is 0 Å². The summed E-state index contributed by atoms with van der Waals surface area (Å²) in [4.78, 5) is 7.03. The summed E-state index contributed by atoms with van der Waals surface area (Å²) in [5.41, 5.74) is 0. The molecule has 1 unspecified atom stereocenters. The highest BCUT2D eigenvalue weighted by Gasteiger charge is 1.97. The molecule has 0 amide bonds. The standard InChI is InChI=1S/C4H4N2O2S/c7-9(8)4-5-2-1-3-6-4/h1-3H,(H,7,8). The number of rotatable bonds is 1. The maximum absolute atomic E-state index is 10.2. The highest BCUT2D eigenvalue weighted by molar-refractivity contribution is 7.79. The minimum absolute atomic E-state index is 0.0579. The molecule has 1 N–H and O–H groups in total. The second-order valence-corrected chi connectivity index (χ2v) is 2.14. The van der Waals surface area contributed by atoms with E-state index < -0.39 is 11.1 Å². The van der Waals surface area contributed by atoms with Gasteiger partial charge in [0.25, 0.3) is 0 Å². The first kappa shape index (κ1) is 6.31. The van der Waals surface area contributed by atoms with Gasteiger partial charge in [-0.25, -0.2) is 14.2 Å². The lowest BCUT2D eigenvalue weighted by atomic mass is 10.7. The second kappa shape index (κ2) is 2.65. The highest BCUT2D eigenvalue weighted by atomic mass is 32.2. The van der Waals surface area contributed by atoms with Gasteiger partial charge in [0.05, 0.1) is 0 Å². The Kier molecular flexibility index (Phi) is 1.86.